The van der Waals surface area contributed by atoms with E-state index in [-0.39, 0.29) is 5.97 Å². The standard InChI is InChI=1S/C9H12N2O2S/c1-2-13-8(12)7-6-14-9(10-7)11-4-3-5-11/h6H,2-5H2,1H3. The van der Waals surface area contributed by atoms with Crippen LogP contribution in [0.2, 0.25) is 0 Å². The van der Waals surface area contributed by atoms with Crippen molar-refractivity contribution in [2.75, 3.05) is 24.6 Å². The van der Waals surface area contributed by atoms with E-state index < -0.39 is 0 Å². The van der Waals surface area contributed by atoms with Crippen molar-refractivity contribution < 1.29 is 9.53 Å². The molecule has 1 saturated heterocycles. The lowest BCUT2D eigenvalue weighted by molar-refractivity contribution is 0.0520. The summed E-state index contributed by atoms with van der Waals surface area (Å²) in [6, 6.07) is 0. The van der Waals surface area contributed by atoms with Gasteiger partial charge in [0.05, 0.1) is 6.61 Å². The Kier molecular flexibility index (Phi) is 2.67. The minimum absolute atomic E-state index is 0.324. The lowest BCUT2D eigenvalue weighted by atomic mass is 10.2. The van der Waals surface area contributed by atoms with E-state index in [1.165, 1.54) is 17.8 Å². The highest BCUT2D eigenvalue weighted by molar-refractivity contribution is 7.13. The summed E-state index contributed by atoms with van der Waals surface area (Å²) in [5.41, 5.74) is 0.429. The molecule has 2 rings (SSSR count). The zero-order chi connectivity index (χ0) is 9.97. The Morgan fingerprint density at radius 1 is 1.71 bits per heavy atom. The largest absolute Gasteiger partial charge is 0.461 e. The summed E-state index contributed by atoms with van der Waals surface area (Å²) in [5.74, 6) is -0.324. The number of carbonyl (C=O) groups excluding carboxylic acids is 1. The van der Waals surface area contributed by atoms with Gasteiger partial charge in [-0.2, -0.15) is 0 Å². The number of rotatable bonds is 3. The first-order chi connectivity index (χ1) is 6.81. The number of esters is 1. The molecule has 0 bridgehead atoms. The molecule has 0 amide bonds. The topological polar surface area (TPSA) is 42.4 Å². The van der Waals surface area contributed by atoms with Gasteiger partial charge in [0.2, 0.25) is 0 Å². The van der Waals surface area contributed by atoms with Crippen LogP contribution < -0.4 is 4.90 Å². The third-order valence-electron chi connectivity index (χ3n) is 2.10. The van der Waals surface area contributed by atoms with Crippen LogP contribution in [0, 0.1) is 0 Å². The molecule has 0 aromatic carbocycles. The fourth-order valence-electron chi connectivity index (χ4n) is 1.22. The molecule has 1 aromatic heterocycles. The summed E-state index contributed by atoms with van der Waals surface area (Å²) in [4.78, 5) is 17.7. The van der Waals surface area contributed by atoms with Crippen LogP contribution in [0.3, 0.4) is 0 Å². The first-order valence-electron chi connectivity index (χ1n) is 4.69. The average molecular weight is 212 g/mol. The van der Waals surface area contributed by atoms with Crippen LogP contribution in [0.25, 0.3) is 0 Å². The van der Waals surface area contributed by atoms with E-state index in [0.717, 1.165) is 18.2 Å². The van der Waals surface area contributed by atoms with E-state index in [9.17, 15) is 4.79 Å². The van der Waals surface area contributed by atoms with Gasteiger partial charge >= 0.3 is 5.97 Å². The fraction of sp³-hybridized carbons (Fsp3) is 0.556. The predicted molar refractivity (Wildman–Crippen MR) is 54.9 cm³/mol. The van der Waals surface area contributed by atoms with E-state index in [2.05, 4.69) is 9.88 Å². The van der Waals surface area contributed by atoms with Crippen molar-refractivity contribution in [2.24, 2.45) is 0 Å². The van der Waals surface area contributed by atoms with Gasteiger partial charge in [0, 0.05) is 18.5 Å². The molecular weight excluding hydrogens is 200 g/mol. The van der Waals surface area contributed by atoms with E-state index in [1.807, 2.05) is 0 Å². The second-order valence-corrected chi connectivity index (χ2v) is 3.91. The lowest BCUT2D eigenvalue weighted by Crippen LogP contribution is -2.36. The Labute approximate surface area is 86.5 Å². The van der Waals surface area contributed by atoms with Crippen molar-refractivity contribution in [3.8, 4) is 0 Å². The van der Waals surface area contributed by atoms with Crippen molar-refractivity contribution in [3.05, 3.63) is 11.1 Å². The van der Waals surface area contributed by atoms with Crippen LogP contribution in [0.5, 0.6) is 0 Å². The number of aromatic nitrogens is 1. The molecule has 2 heterocycles. The number of ether oxygens (including phenoxy) is 1. The molecule has 0 atom stereocenters. The molecule has 1 fully saturated rings. The Balaban J connectivity index is 2.05. The number of carbonyl (C=O) groups is 1. The molecule has 0 saturated carbocycles. The predicted octanol–water partition coefficient (Wildman–Crippen LogP) is 1.53. The average Bonchev–Trinajstić information content (AvgIpc) is 2.50. The molecule has 1 aliphatic rings. The second-order valence-electron chi connectivity index (χ2n) is 3.08. The van der Waals surface area contributed by atoms with Gasteiger partial charge in [0.15, 0.2) is 10.8 Å². The maximum absolute atomic E-state index is 11.3. The van der Waals surface area contributed by atoms with Crippen LogP contribution in [-0.4, -0.2) is 30.6 Å². The number of nitrogens with zero attached hydrogens (tertiary/aromatic N) is 2. The van der Waals surface area contributed by atoms with Gasteiger partial charge in [-0.05, 0) is 13.3 Å². The molecule has 5 heteroatoms. The highest BCUT2D eigenvalue weighted by atomic mass is 32.1. The molecule has 0 radical (unpaired) electrons. The van der Waals surface area contributed by atoms with E-state index in [4.69, 9.17) is 4.74 Å². The fourth-order valence-corrected chi connectivity index (χ4v) is 2.06. The second kappa shape index (κ2) is 3.96. The summed E-state index contributed by atoms with van der Waals surface area (Å²) in [7, 11) is 0. The van der Waals surface area contributed by atoms with Crippen molar-refractivity contribution in [1.29, 1.82) is 0 Å². The van der Waals surface area contributed by atoms with Crippen molar-refractivity contribution in [1.82, 2.24) is 4.98 Å². The first kappa shape index (κ1) is 9.45. The van der Waals surface area contributed by atoms with Crippen molar-refractivity contribution in [2.45, 2.75) is 13.3 Å². The van der Waals surface area contributed by atoms with Crippen LogP contribution >= 0.6 is 11.3 Å². The summed E-state index contributed by atoms with van der Waals surface area (Å²) >= 11 is 1.50. The van der Waals surface area contributed by atoms with Gasteiger partial charge in [-0.1, -0.05) is 0 Å². The van der Waals surface area contributed by atoms with E-state index in [1.54, 1.807) is 12.3 Å². The highest BCUT2D eigenvalue weighted by Gasteiger charge is 2.19. The maximum atomic E-state index is 11.3. The van der Waals surface area contributed by atoms with Gasteiger partial charge in [-0.15, -0.1) is 11.3 Å². The summed E-state index contributed by atoms with van der Waals surface area (Å²) in [5, 5.41) is 2.69. The van der Waals surface area contributed by atoms with Crippen molar-refractivity contribution in [3.63, 3.8) is 0 Å². The normalized spacial score (nSPS) is 15.1. The van der Waals surface area contributed by atoms with Crippen LogP contribution in [0.15, 0.2) is 5.38 Å². The van der Waals surface area contributed by atoms with E-state index >= 15 is 0 Å². The van der Waals surface area contributed by atoms with Crippen LogP contribution in [-0.2, 0) is 4.74 Å². The zero-order valence-corrected chi connectivity index (χ0v) is 8.84. The van der Waals surface area contributed by atoms with Crippen LogP contribution in [0.1, 0.15) is 23.8 Å². The highest BCUT2D eigenvalue weighted by Crippen LogP contribution is 2.24. The summed E-state index contributed by atoms with van der Waals surface area (Å²) < 4.78 is 4.86. The smallest absolute Gasteiger partial charge is 0.357 e. The Hall–Kier alpha value is -1.10. The molecule has 0 aliphatic carbocycles. The number of anilines is 1. The van der Waals surface area contributed by atoms with Gasteiger partial charge in [0.1, 0.15) is 0 Å². The summed E-state index contributed by atoms with van der Waals surface area (Å²) in [6.45, 7) is 4.29. The monoisotopic (exact) mass is 212 g/mol. The minimum Gasteiger partial charge on any atom is -0.461 e. The van der Waals surface area contributed by atoms with E-state index in [0.29, 0.717) is 12.3 Å². The number of thiazole rings is 1. The Bertz CT molecular complexity index is 333. The molecule has 1 aromatic rings. The Morgan fingerprint density at radius 2 is 2.50 bits per heavy atom. The molecule has 14 heavy (non-hydrogen) atoms. The van der Waals surface area contributed by atoms with Crippen LogP contribution in [0.4, 0.5) is 5.13 Å². The molecule has 76 valence electrons. The summed E-state index contributed by atoms with van der Waals surface area (Å²) in [6.07, 6.45) is 1.22. The maximum Gasteiger partial charge on any atom is 0.357 e. The van der Waals surface area contributed by atoms with Gasteiger partial charge < -0.3 is 9.64 Å². The lowest BCUT2D eigenvalue weighted by Gasteiger charge is -2.30. The molecule has 0 spiro atoms. The number of hydrogen-bond donors (Lipinski definition) is 0. The third kappa shape index (κ3) is 1.72. The zero-order valence-electron chi connectivity index (χ0n) is 8.02. The van der Waals surface area contributed by atoms with Crippen molar-refractivity contribution >= 4 is 22.4 Å². The third-order valence-corrected chi connectivity index (χ3v) is 3.00. The van der Waals surface area contributed by atoms with Gasteiger partial charge in [-0.25, -0.2) is 9.78 Å². The SMILES string of the molecule is CCOC(=O)c1csc(N2CCC2)n1. The quantitative estimate of drug-likeness (QED) is 0.713. The molecule has 0 N–H and O–H groups in total. The molecule has 1 aliphatic heterocycles. The first-order valence-corrected chi connectivity index (χ1v) is 5.57. The number of hydrogen-bond acceptors (Lipinski definition) is 5. The molecule has 4 nitrogen and oxygen atoms in total. The van der Waals surface area contributed by atoms with Gasteiger partial charge in [-0.3, -0.25) is 0 Å². The van der Waals surface area contributed by atoms with Gasteiger partial charge in [0.25, 0.3) is 0 Å². The minimum atomic E-state index is -0.324. The Morgan fingerprint density at radius 3 is 3.07 bits per heavy atom. The molecule has 0 unspecified atom stereocenters. The molecular formula is C9H12N2O2S.